The van der Waals surface area contributed by atoms with E-state index >= 15 is 0 Å². The highest BCUT2D eigenvalue weighted by atomic mass is 16.5. The Bertz CT molecular complexity index is 891. The zero-order valence-corrected chi connectivity index (χ0v) is 19.1. The predicted octanol–water partition coefficient (Wildman–Crippen LogP) is 2.97. The monoisotopic (exact) mass is 440 g/mol. The first-order valence-corrected chi connectivity index (χ1v) is 11.0. The highest BCUT2D eigenvalue weighted by molar-refractivity contribution is 6.32. The van der Waals surface area contributed by atoms with Crippen LogP contribution in [0.4, 0.5) is 0 Å². The van der Waals surface area contributed by atoms with Gasteiger partial charge in [0.25, 0.3) is 0 Å². The number of carbonyl (C=O) groups excluding carboxylic acids is 2. The fourth-order valence-electron chi connectivity index (χ4n) is 3.67. The van der Waals surface area contributed by atoms with Crippen molar-refractivity contribution in [3.05, 3.63) is 65.2 Å². The van der Waals surface area contributed by atoms with Gasteiger partial charge in [0, 0.05) is 32.7 Å². The molecule has 1 aliphatic heterocycles. The standard InChI is InChI=1S/C25H32N2O5/c1-4-31-25(29)24(28)27-14-12-26(13-15-27)17-23(21-6-5-7-22(16-21)30-3)32-18-20-10-8-19(2)9-11-20/h5-11,16,23H,4,12-15,17-18H2,1-3H3. The van der Waals surface area contributed by atoms with Crippen LogP contribution in [0.15, 0.2) is 48.5 Å². The minimum absolute atomic E-state index is 0.154. The molecule has 32 heavy (non-hydrogen) atoms. The van der Waals surface area contributed by atoms with Crippen LogP contribution in [0.25, 0.3) is 0 Å². The summed E-state index contributed by atoms with van der Waals surface area (Å²) >= 11 is 0. The summed E-state index contributed by atoms with van der Waals surface area (Å²) in [6, 6.07) is 16.3. The maximum atomic E-state index is 12.2. The van der Waals surface area contributed by atoms with Crippen LogP contribution in [0.5, 0.6) is 5.75 Å². The Morgan fingerprint density at radius 3 is 2.41 bits per heavy atom. The van der Waals surface area contributed by atoms with Gasteiger partial charge >= 0.3 is 11.9 Å². The zero-order chi connectivity index (χ0) is 22.9. The van der Waals surface area contributed by atoms with Gasteiger partial charge in [-0.3, -0.25) is 9.69 Å². The number of rotatable bonds is 8. The van der Waals surface area contributed by atoms with Crippen LogP contribution in [-0.4, -0.2) is 68.1 Å². The second-order valence-corrected chi connectivity index (χ2v) is 7.88. The molecule has 172 valence electrons. The molecule has 7 nitrogen and oxygen atoms in total. The van der Waals surface area contributed by atoms with E-state index in [0.717, 1.165) is 16.9 Å². The number of ether oxygens (including phenoxy) is 3. The Kier molecular flexibility index (Phi) is 8.64. The van der Waals surface area contributed by atoms with Crippen molar-refractivity contribution in [3.8, 4) is 5.75 Å². The number of nitrogens with zero attached hydrogens (tertiary/aromatic N) is 2. The normalized spacial score (nSPS) is 15.3. The zero-order valence-electron chi connectivity index (χ0n) is 19.1. The Labute approximate surface area is 189 Å². The molecule has 0 aromatic heterocycles. The van der Waals surface area contributed by atoms with E-state index in [9.17, 15) is 9.59 Å². The first-order valence-electron chi connectivity index (χ1n) is 11.0. The van der Waals surface area contributed by atoms with Crippen molar-refractivity contribution in [3.63, 3.8) is 0 Å². The van der Waals surface area contributed by atoms with E-state index in [1.165, 1.54) is 5.56 Å². The van der Waals surface area contributed by atoms with Gasteiger partial charge in [-0.15, -0.1) is 0 Å². The Hall–Kier alpha value is -2.90. The summed E-state index contributed by atoms with van der Waals surface area (Å²) in [5.41, 5.74) is 3.38. The van der Waals surface area contributed by atoms with Crippen LogP contribution in [0.1, 0.15) is 29.7 Å². The maximum Gasteiger partial charge on any atom is 0.397 e. The van der Waals surface area contributed by atoms with Gasteiger partial charge in [-0.25, -0.2) is 4.79 Å². The SMILES string of the molecule is CCOC(=O)C(=O)N1CCN(CC(OCc2ccc(C)cc2)c2cccc(OC)c2)CC1. The van der Waals surface area contributed by atoms with Crippen LogP contribution >= 0.6 is 0 Å². The highest BCUT2D eigenvalue weighted by Gasteiger charge is 2.28. The topological polar surface area (TPSA) is 68.3 Å². The molecule has 1 saturated heterocycles. The first kappa shape index (κ1) is 23.8. The quantitative estimate of drug-likeness (QED) is 0.464. The molecular formula is C25H32N2O5. The molecular weight excluding hydrogens is 408 g/mol. The molecule has 1 unspecified atom stereocenters. The van der Waals surface area contributed by atoms with Crippen LogP contribution < -0.4 is 4.74 Å². The molecule has 0 radical (unpaired) electrons. The third-order valence-electron chi connectivity index (χ3n) is 5.57. The molecule has 1 fully saturated rings. The Balaban J connectivity index is 1.64. The lowest BCUT2D eigenvalue weighted by molar-refractivity contribution is -0.160. The lowest BCUT2D eigenvalue weighted by Gasteiger charge is -2.36. The van der Waals surface area contributed by atoms with E-state index in [1.807, 2.05) is 24.3 Å². The number of benzene rings is 2. The number of esters is 1. The summed E-state index contributed by atoms with van der Waals surface area (Å²) in [5.74, 6) is -0.556. The average molecular weight is 441 g/mol. The molecule has 0 bridgehead atoms. The number of aryl methyl sites for hydroxylation is 1. The van der Waals surface area contributed by atoms with Crippen LogP contribution in [-0.2, 0) is 25.7 Å². The van der Waals surface area contributed by atoms with E-state index in [2.05, 4.69) is 36.1 Å². The molecule has 1 heterocycles. The van der Waals surface area contributed by atoms with Crippen molar-refractivity contribution in [2.24, 2.45) is 0 Å². The second kappa shape index (κ2) is 11.6. The first-order chi connectivity index (χ1) is 15.5. The van der Waals surface area contributed by atoms with Crippen molar-refractivity contribution in [1.29, 1.82) is 0 Å². The number of piperazine rings is 1. The van der Waals surface area contributed by atoms with Gasteiger partial charge in [-0.05, 0) is 37.1 Å². The van der Waals surface area contributed by atoms with E-state index in [-0.39, 0.29) is 12.7 Å². The van der Waals surface area contributed by atoms with Crippen molar-refractivity contribution < 1.29 is 23.8 Å². The van der Waals surface area contributed by atoms with Crippen molar-refractivity contribution in [2.75, 3.05) is 46.4 Å². The summed E-state index contributed by atoms with van der Waals surface area (Å²) < 4.78 is 16.6. The minimum Gasteiger partial charge on any atom is -0.497 e. The molecule has 1 aliphatic rings. The van der Waals surface area contributed by atoms with Crippen LogP contribution in [0.3, 0.4) is 0 Å². The molecule has 1 atom stereocenters. The van der Waals surface area contributed by atoms with Crippen LogP contribution in [0.2, 0.25) is 0 Å². The fourth-order valence-corrected chi connectivity index (χ4v) is 3.67. The second-order valence-electron chi connectivity index (χ2n) is 7.88. The lowest BCUT2D eigenvalue weighted by Crippen LogP contribution is -2.51. The predicted molar refractivity (Wildman–Crippen MR) is 121 cm³/mol. The molecule has 0 saturated carbocycles. The molecule has 0 spiro atoms. The van der Waals surface area contributed by atoms with Gasteiger partial charge < -0.3 is 19.1 Å². The fraction of sp³-hybridized carbons (Fsp3) is 0.440. The lowest BCUT2D eigenvalue weighted by atomic mass is 10.1. The highest BCUT2D eigenvalue weighted by Crippen LogP contribution is 2.25. The average Bonchev–Trinajstić information content (AvgIpc) is 2.83. The molecule has 2 aromatic rings. The Morgan fingerprint density at radius 2 is 1.75 bits per heavy atom. The molecule has 0 N–H and O–H groups in total. The number of hydrogen-bond donors (Lipinski definition) is 0. The summed E-state index contributed by atoms with van der Waals surface area (Å²) in [7, 11) is 1.65. The molecule has 3 rings (SSSR count). The van der Waals surface area contributed by atoms with Gasteiger partial charge in [0.15, 0.2) is 0 Å². The van der Waals surface area contributed by atoms with Gasteiger partial charge in [0.05, 0.1) is 26.4 Å². The van der Waals surface area contributed by atoms with E-state index in [0.29, 0.717) is 39.3 Å². The van der Waals surface area contributed by atoms with Crippen molar-refractivity contribution in [1.82, 2.24) is 9.80 Å². The van der Waals surface area contributed by atoms with E-state index in [1.54, 1.807) is 18.9 Å². The maximum absolute atomic E-state index is 12.2. The van der Waals surface area contributed by atoms with Gasteiger partial charge in [-0.2, -0.15) is 0 Å². The molecule has 2 aromatic carbocycles. The third kappa shape index (κ3) is 6.55. The van der Waals surface area contributed by atoms with Crippen molar-refractivity contribution in [2.45, 2.75) is 26.6 Å². The van der Waals surface area contributed by atoms with Gasteiger partial charge in [0.2, 0.25) is 0 Å². The summed E-state index contributed by atoms with van der Waals surface area (Å²) in [5, 5.41) is 0. The number of amides is 1. The summed E-state index contributed by atoms with van der Waals surface area (Å²) in [4.78, 5) is 27.7. The Morgan fingerprint density at radius 1 is 1.03 bits per heavy atom. The number of carbonyl (C=O) groups is 2. The van der Waals surface area contributed by atoms with Gasteiger partial charge in [-0.1, -0.05) is 42.0 Å². The third-order valence-corrected chi connectivity index (χ3v) is 5.57. The largest absolute Gasteiger partial charge is 0.497 e. The van der Waals surface area contributed by atoms with E-state index < -0.39 is 11.9 Å². The number of hydrogen-bond acceptors (Lipinski definition) is 6. The van der Waals surface area contributed by atoms with Crippen LogP contribution in [0, 0.1) is 6.92 Å². The molecule has 0 aliphatic carbocycles. The smallest absolute Gasteiger partial charge is 0.397 e. The summed E-state index contributed by atoms with van der Waals surface area (Å²) in [6.45, 7) is 7.45. The molecule has 7 heteroatoms. The summed E-state index contributed by atoms with van der Waals surface area (Å²) in [6.07, 6.45) is -0.154. The van der Waals surface area contributed by atoms with Crippen molar-refractivity contribution >= 4 is 11.9 Å². The minimum atomic E-state index is -0.781. The number of methoxy groups -OCH3 is 1. The molecule has 1 amide bonds. The van der Waals surface area contributed by atoms with Gasteiger partial charge in [0.1, 0.15) is 5.75 Å². The van der Waals surface area contributed by atoms with E-state index in [4.69, 9.17) is 14.2 Å².